The van der Waals surface area contributed by atoms with Crippen LogP contribution in [0.2, 0.25) is 0 Å². The molecule has 0 aromatic carbocycles. The number of aliphatic hydroxyl groups excluding tert-OH is 1. The van der Waals surface area contributed by atoms with E-state index in [1.807, 2.05) is 23.8 Å². The van der Waals surface area contributed by atoms with Gasteiger partial charge in [0.1, 0.15) is 0 Å². The number of hydrogen-bond acceptors (Lipinski definition) is 4. The van der Waals surface area contributed by atoms with Gasteiger partial charge in [0.05, 0.1) is 12.3 Å². The molecule has 2 heterocycles. The zero-order valence-electron chi connectivity index (χ0n) is 7.77. The lowest BCUT2D eigenvalue weighted by Crippen LogP contribution is -1.96. The average molecular weight is 206 g/mol. The first-order valence-corrected chi connectivity index (χ1v) is 5.22. The summed E-state index contributed by atoms with van der Waals surface area (Å²) < 4.78 is 0. The van der Waals surface area contributed by atoms with Crippen LogP contribution < -0.4 is 0 Å². The van der Waals surface area contributed by atoms with Crippen LogP contribution in [0.1, 0.15) is 11.4 Å². The van der Waals surface area contributed by atoms with Gasteiger partial charge in [-0.05, 0) is 24.4 Å². The molecule has 0 bridgehead atoms. The van der Waals surface area contributed by atoms with E-state index in [1.165, 1.54) is 0 Å². The summed E-state index contributed by atoms with van der Waals surface area (Å²) in [6, 6.07) is 3.76. The molecule has 14 heavy (non-hydrogen) atoms. The van der Waals surface area contributed by atoms with E-state index in [2.05, 4.69) is 9.97 Å². The summed E-state index contributed by atoms with van der Waals surface area (Å²) in [6.45, 7) is 1.86. The largest absolute Gasteiger partial charge is 0.390 e. The van der Waals surface area contributed by atoms with Crippen LogP contribution in [0.25, 0.3) is 11.4 Å². The van der Waals surface area contributed by atoms with Gasteiger partial charge in [0.25, 0.3) is 0 Å². The van der Waals surface area contributed by atoms with E-state index in [-0.39, 0.29) is 6.61 Å². The van der Waals surface area contributed by atoms with Crippen molar-refractivity contribution in [1.29, 1.82) is 0 Å². The lowest BCUT2D eigenvalue weighted by molar-refractivity contribution is 0.276. The van der Waals surface area contributed by atoms with Gasteiger partial charge in [0, 0.05) is 16.6 Å². The molecule has 0 aliphatic carbocycles. The van der Waals surface area contributed by atoms with E-state index >= 15 is 0 Å². The first-order valence-electron chi connectivity index (χ1n) is 4.27. The lowest BCUT2D eigenvalue weighted by atomic mass is 10.3. The lowest BCUT2D eigenvalue weighted by Gasteiger charge is -2.01. The summed E-state index contributed by atoms with van der Waals surface area (Å²) in [5, 5.41) is 13.0. The Morgan fingerprint density at radius 1 is 1.43 bits per heavy atom. The van der Waals surface area contributed by atoms with Gasteiger partial charge in [-0.1, -0.05) is 0 Å². The smallest absolute Gasteiger partial charge is 0.160 e. The summed E-state index contributed by atoms with van der Waals surface area (Å²) in [5.74, 6) is 0.690. The first-order chi connectivity index (χ1) is 6.79. The number of thiophene rings is 1. The second-order valence-corrected chi connectivity index (χ2v) is 3.77. The fourth-order valence-electron chi connectivity index (χ4n) is 1.24. The summed E-state index contributed by atoms with van der Waals surface area (Å²) in [5.41, 5.74) is 2.55. The fraction of sp³-hybridized carbons (Fsp3) is 0.200. The Morgan fingerprint density at radius 2 is 2.29 bits per heavy atom. The Labute approximate surface area is 86.1 Å². The minimum absolute atomic E-state index is 0.0412. The molecule has 0 spiro atoms. The van der Waals surface area contributed by atoms with Crippen LogP contribution in [-0.2, 0) is 6.61 Å². The number of aliphatic hydroxyl groups is 1. The van der Waals surface area contributed by atoms with Gasteiger partial charge in [-0.2, -0.15) is 11.3 Å². The zero-order valence-corrected chi connectivity index (χ0v) is 8.58. The molecule has 0 amide bonds. The van der Waals surface area contributed by atoms with Gasteiger partial charge in [-0.15, -0.1) is 0 Å². The van der Waals surface area contributed by atoms with Crippen LogP contribution in [0.4, 0.5) is 0 Å². The van der Waals surface area contributed by atoms with Gasteiger partial charge in [0.2, 0.25) is 0 Å². The van der Waals surface area contributed by atoms with E-state index in [4.69, 9.17) is 5.11 Å². The van der Waals surface area contributed by atoms with E-state index in [9.17, 15) is 0 Å². The molecule has 0 saturated carbocycles. The molecule has 72 valence electrons. The normalized spacial score (nSPS) is 10.4. The van der Waals surface area contributed by atoms with Crippen molar-refractivity contribution in [1.82, 2.24) is 9.97 Å². The summed E-state index contributed by atoms with van der Waals surface area (Å²) in [4.78, 5) is 8.55. The number of aromatic nitrogens is 2. The third-order valence-corrected chi connectivity index (χ3v) is 2.53. The predicted molar refractivity (Wildman–Crippen MR) is 56.0 cm³/mol. The molecule has 0 atom stereocenters. The minimum Gasteiger partial charge on any atom is -0.390 e. The molecule has 0 aliphatic heterocycles. The van der Waals surface area contributed by atoms with Crippen molar-refractivity contribution in [2.75, 3.05) is 0 Å². The van der Waals surface area contributed by atoms with E-state index in [0.29, 0.717) is 11.5 Å². The zero-order chi connectivity index (χ0) is 9.97. The molecule has 2 aromatic rings. The van der Waals surface area contributed by atoms with Crippen molar-refractivity contribution in [2.45, 2.75) is 13.5 Å². The highest BCUT2D eigenvalue weighted by molar-refractivity contribution is 7.08. The molecule has 0 radical (unpaired) electrons. The maximum absolute atomic E-state index is 9.00. The molecule has 2 aromatic heterocycles. The van der Waals surface area contributed by atoms with Crippen LogP contribution in [0.15, 0.2) is 22.9 Å². The van der Waals surface area contributed by atoms with E-state index < -0.39 is 0 Å². The van der Waals surface area contributed by atoms with Gasteiger partial charge in [-0.3, -0.25) is 0 Å². The Kier molecular flexibility index (Phi) is 2.56. The predicted octanol–water partition coefficient (Wildman–Crippen LogP) is 2.01. The van der Waals surface area contributed by atoms with E-state index in [1.54, 1.807) is 17.4 Å². The van der Waals surface area contributed by atoms with Crippen molar-refractivity contribution in [3.05, 3.63) is 34.3 Å². The van der Waals surface area contributed by atoms with Crippen LogP contribution in [0.3, 0.4) is 0 Å². The fourth-order valence-corrected chi connectivity index (χ4v) is 1.87. The average Bonchev–Trinajstić information content (AvgIpc) is 2.69. The van der Waals surface area contributed by atoms with Crippen LogP contribution in [0, 0.1) is 6.92 Å². The van der Waals surface area contributed by atoms with Crippen molar-refractivity contribution < 1.29 is 5.11 Å². The third kappa shape index (κ3) is 1.81. The summed E-state index contributed by atoms with van der Waals surface area (Å²) >= 11 is 1.61. The highest BCUT2D eigenvalue weighted by atomic mass is 32.1. The second-order valence-electron chi connectivity index (χ2n) is 2.99. The second kappa shape index (κ2) is 3.86. The minimum atomic E-state index is -0.0412. The quantitative estimate of drug-likeness (QED) is 0.817. The maximum atomic E-state index is 9.00. The van der Waals surface area contributed by atoms with Crippen LogP contribution in [-0.4, -0.2) is 15.1 Å². The van der Waals surface area contributed by atoms with Crippen molar-refractivity contribution in [3.63, 3.8) is 0 Å². The van der Waals surface area contributed by atoms with E-state index in [0.717, 1.165) is 11.3 Å². The molecule has 0 saturated heterocycles. The highest BCUT2D eigenvalue weighted by Crippen LogP contribution is 2.18. The highest BCUT2D eigenvalue weighted by Gasteiger charge is 2.04. The molecule has 4 heteroatoms. The number of hydrogen-bond donors (Lipinski definition) is 1. The topological polar surface area (TPSA) is 46.0 Å². The Morgan fingerprint density at radius 3 is 2.93 bits per heavy atom. The van der Waals surface area contributed by atoms with Crippen LogP contribution in [0.5, 0.6) is 0 Å². The Bertz CT molecular complexity index is 426. The van der Waals surface area contributed by atoms with Crippen molar-refractivity contribution >= 4 is 11.3 Å². The third-order valence-electron chi connectivity index (χ3n) is 1.85. The van der Waals surface area contributed by atoms with Crippen molar-refractivity contribution in [2.24, 2.45) is 0 Å². The molecule has 0 aliphatic rings. The van der Waals surface area contributed by atoms with Crippen molar-refractivity contribution in [3.8, 4) is 11.4 Å². The SMILES string of the molecule is Cc1cc(CO)nc(-c2ccsc2)n1. The maximum Gasteiger partial charge on any atom is 0.160 e. The Balaban J connectivity index is 2.48. The number of rotatable bonds is 2. The molecule has 0 unspecified atom stereocenters. The molecule has 3 nitrogen and oxygen atoms in total. The summed E-state index contributed by atoms with van der Waals surface area (Å²) in [7, 11) is 0. The first kappa shape index (κ1) is 9.30. The van der Waals surface area contributed by atoms with Gasteiger partial charge < -0.3 is 5.11 Å². The van der Waals surface area contributed by atoms with Gasteiger partial charge in [-0.25, -0.2) is 9.97 Å². The monoisotopic (exact) mass is 206 g/mol. The molecular formula is C10H10N2OS. The van der Waals surface area contributed by atoms with Gasteiger partial charge >= 0.3 is 0 Å². The molecular weight excluding hydrogens is 196 g/mol. The van der Waals surface area contributed by atoms with Gasteiger partial charge in [0.15, 0.2) is 5.82 Å². The van der Waals surface area contributed by atoms with Crippen LogP contribution >= 0.6 is 11.3 Å². The standard InChI is InChI=1S/C10H10N2OS/c1-7-4-9(5-13)12-10(11-7)8-2-3-14-6-8/h2-4,6,13H,5H2,1H3. The number of aryl methyl sites for hydroxylation is 1. The Hall–Kier alpha value is -1.26. The summed E-state index contributed by atoms with van der Waals surface area (Å²) in [6.07, 6.45) is 0. The molecule has 1 N–H and O–H groups in total. The molecule has 0 fully saturated rings. The number of nitrogens with zero attached hydrogens (tertiary/aromatic N) is 2. The molecule has 2 rings (SSSR count).